The molecule has 1 aromatic heterocycles. The molecule has 0 spiro atoms. The zero-order valence-corrected chi connectivity index (χ0v) is 7.75. The Morgan fingerprint density at radius 3 is 3.00 bits per heavy atom. The van der Waals surface area contributed by atoms with Gasteiger partial charge in [-0.15, -0.1) is 0 Å². The smallest absolute Gasteiger partial charge is 0.0299 e. The van der Waals surface area contributed by atoms with Crippen molar-refractivity contribution < 1.29 is 0 Å². The van der Waals surface area contributed by atoms with E-state index in [0.717, 1.165) is 13.0 Å². The van der Waals surface area contributed by atoms with Gasteiger partial charge in [-0.3, -0.25) is 4.98 Å². The summed E-state index contributed by atoms with van der Waals surface area (Å²) in [6, 6.07) is 4.11. The van der Waals surface area contributed by atoms with Crippen molar-refractivity contribution in [1.29, 1.82) is 0 Å². The van der Waals surface area contributed by atoms with Gasteiger partial charge in [-0.05, 0) is 37.6 Å². The summed E-state index contributed by atoms with van der Waals surface area (Å²) in [5.74, 6) is 0.680. The van der Waals surface area contributed by atoms with Crippen LogP contribution in [0, 0.1) is 5.92 Å². The highest BCUT2D eigenvalue weighted by molar-refractivity contribution is 5.08. The highest BCUT2D eigenvalue weighted by Crippen LogP contribution is 2.05. The second-order valence-electron chi connectivity index (χ2n) is 3.23. The van der Waals surface area contributed by atoms with Crippen LogP contribution in [-0.2, 0) is 6.42 Å². The van der Waals surface area contributed by atoms with Crippen molar-refractivity contribution in [2.24, 2.45) is 5.92 Å². The summed E-state index contributed by atoms with van der Waals surface area (Å²) >= 11 is 0. The number of pyridine rings is 1. The lowest BCUT2D eigenvalue weighted by molar-refractivity contribution is 0.541. The maximum absolute atomic E-state index is 4.08. The van der Waals surface area contributed by atoms with Gasteiger partial charge >= 0.3 is 0 Å². The van der Waals surface area contributed by atoms with Crippen molar-refractivity contribution in [3.8, 4) is 0 Å². The molecule has 1 aromatic rings. The Balaban J connectivity index is 2.41. The summed E-state index contributed by atoms with van der Waals surface area (Å²) in [6.07, 6.45) is 4.85. The summed E-state index contributed by atoms with van der Waals surface area (Å²) < 4.78 is 0. The lowest BCUT2D eigenvalue weighted by Crippen LogP contribution is -2.17. The normalized spacial score (nSPS) is 12.8. The highest BCUT2D eigenvalue weighted by atomic mass is 14.8. The van der Waals surface area contributed by atoms with Gasteiger partial charge in [0, 0.05) is 12.4 Å². The molecular formula is C10H16N2. The number of hydrogen-bond donors (Lipinski definition) is 1. The second-order valence-corrected chi connectivity index (χ2v) is 3.23. The molecule has 0 radical (unpaired) electrons. The van der Waals surface area contributed by atoms with Crippen molar-refractivity contribution in [3.05, 3.63) is 30.1 Å². The van der Waals surface area contributed by atoms with Crippen LogP contribution < -0.4 is 5.32 Å². The van der Waals surface area contributed by atoms with E-state index in [-0.39, 0.29) is 0 Å². The van der Waals surface area contributed by atoms with Crippen LogP contribution in [0.3, 0.4) is 0 Å². The third kappa shape index (κ3) is 3.01. The summed E-state index contributed by atoms with van der Waals surface area (Å²) in [5.41, 5.74) is 1.32. The fourth-order valence-electron chi connectivity index (χ4n) is 1.34. The molecule has 0 amide bonds. The van der Waals surface area contributed by atoms with E-state index in [4.69, 9.17) is 0 Å². The molecule has 2 nitrogen and oxygen atoms in total. The minimum absolute atomic E-state index is 0.680. The molecular weight excluding hydrogens is 148 g/mol. The molecule has 0 saturated heterocycles. The van der Waals surface area contributed by atoms with E-state index in [1.807, 2.05) is 25.5 Å². The molecule has 1 N–H and O–H groups in total. The minimum atomic E-state index is 0.680. The predicted octanol–water partition coefficient (Wildman–Crippen LogP) is 1.48. The van der Waals surface area contributed by atoms with Crippen LogP contribution in [0.25, 0.3) is 0 Å². The largest absolute Gasteiger partial charge is 0.319 e. The zero-order valence-electron chi connectivity index (χ0n) is 7.75. The second kappa shape index (κ2) is 4.88. The summed E-state index contributed by atoms with van der Waals surface area (Å²) in [6.45, 7) is 3.30. The van der Waals surface area contributed by atoms with Gasteiger partial charge in [0.25, 0.3) is 0 Å². The van der Waals surface area contributed by atoms with Gasteiger partial charge in [0.15, 0.2) is 0 Å². The molecule has 0 aliphatic carbocycles. The van der Waals surface area contributed by atoms with Crippen LogP contribution in [0.2, 0.25) is 0 Å². The Kier molecular flexibility index (Phi) is 3.74. The molecule has 1 heterocycles. The molecule has 66 valence electrons. The number of hydrogen-bond acceptors (Lipinski definition) is 2. The average molecular weight is 164 g/mol. The molecule has 12 heavy (non-hydrogen) atoms. The van der Waals surface area contributed by atoms with Gasteiger partial charge in [0.1, 0.15) is 0 Å². The van der Waals surface area contributed by atoms with Crippen molar-refractivity contribution in [2.45, 2.75) is 13.3 Å². The Bertz CT molecular complexity index is 208. The first-order chi connectivity index (χ1) is 5.83. The van der Waals surface area contributed by atoms with E-state index in [2.05, 4.69) is 23.3 Å². The van der Waals surface area contributed by atoms with E-state index in [9.17, 15) is 0 Å². The molecule has 0 aromatic carbocycles. The highest BCUT2D eigenvalue weighted by Gasteiger charge is 2.01. The molecule has 0 bridgehead atoms. The number of aromatic nitrogens is 1. The first-order valence-corrected chi connectivity index (χ1v) is 4.36. The van der Waals surface area contributed by atoms with Crippen molar-refractivity contribution in [3.63, 3.8) is 0 Å². The maximum atomic E-state index is 4.08. The molecule has 1 atom stereocenters. The van der Waals surface area contributed by atoms with Crippen LogP contribution in [0.1, 0.15) is 12.5 Å². The molecule has 0 saturated carbocycles. The molecule has 2 heteroatoms. The van der Waals surface area contributed by atoms with Crippen LogP contribution in [0.5, 0.6) is 0 Å². The van der Waals surface area contributed by atoms with Gasteiger partial charge in [-0.25, -0.2) is 0 Å². The minimum Gasteiger partial charge on any atom is -0.319 e. The zero-order chi connectivity index (χ0) is 8.81. The third-order valence-corrected chi connectivity index (χ3v) is 1.86. The maximum Gasteiger partial charge on any atom is 0.0299 e. The molecule has 1 unspecified atom stereocenters. The molecule has 0 aliphatic heterocycles. The standard InChI is InChI=1S/C10H16N2/c1-9(7-11-2)6-10-4-3-5-12-8-10/h3-5,8-9,11H,6-7H2,1-2H3. The van der Waals surface area contributed by atoms with Crippen molar-refractivity contribution in [2.75, 3.05) is 13.6 Å². The Hall–Kier alpha value is -0.890. The summed E-state index contributed by atoms with van der Waals surface area (Å²) in [7, 11) is 1.99. The predicted molar refractivity (Wildman–Crippen MR) is 51.0 cm³/mol. The van der Waals surface area contributed by atoms with Crippen molar-refractivity contribution >= 4 is 0 Å². The fourth-order valence-corrected chi connectivity index (χ4v) is 1.34. The summed E-state index contributed by atoms with van der Waals surface area (Å²) in [4.78, 5) is 4.08. The Labute approximate surface area is 74.0 Å². The van der Waals surface area contributed by atoms with Crippen LogP contribution >= 0.6 is 0 Å². The molecule has 0 fully saturated rings. The SMILES string of the molecule is CNCC(C)Cc1cccnc1. The van der Waals surface area contributed by atoms with Gasteiger partial charge in [0.05, 0.1) is 0 Å². The monoisotopic (exact) mass is 164 g/mol. The van der Waals surface area contributed by atoms with Gasteiger partial charge in [0.2, 0.25) is 0 Å². The van der Waals surface area contributed by atoms with E-state index in [1.165, 1.54) is 5.56 Å². The van der Waals surface area contributed by atoms with Gasteiger partial charge in [-0.1, -0.05) is 13.0 Å². The first-order valence-electron chi connectivity index (χ1n) is 4.36. The number of rotatable bonds is 4. The number of nitrogens with one attached hydrogen (secondary N) is 1. The molecule has 0 aliphatic rings. The Morgan fingerprint density at radius 2 is 2.42 bits per heavy atom. The summed E-state index contributed by atoms with van der Waals surface area (Å²) in [5, 5.41) is 3.17. The first kappa shape index (κ1) is 9.20. The van der Waals surface area contributed by atoms with Crippen LogP contribution in [-0.4, -0.2) is 18.6 Å². The van der Waals surface area contributed by atoms with Gasteiger partial charge < -0.3 is 5.32 Å². The van der Waals surface area contributed by atoms with Crippen molar-refractivity contribution in [1.82, 2.24) is 10.3 Å². The number of nitrogens with zero attached hydrogens (tertiary/aromatic N) is 1. The van der Waals surface area contributed by atoms with Crippen LogP contribution in [0.4, 0.5) is 0 Å². The fraction of sp³-hybridized carbons (Fsp3) is 0.500. The van der Waals surface area contributed by atoms with E-state index in [1.54, 1.807) is 0 Å². The Morgan fingerprint density at radius 1 is 1.58 bits per heavy atom. The topological polar surface area (TPSA) is 24.9 Å². The van der Waals surface area contributed by atoms with Gasteiger partial charge in [-0.2, -0.15) is 0 Å². The third-order valence-electron chi connectivity index (χ3n) is 1.86. The van der Waals surface area contributed by atoms with E-state index >= 15 is 0 Å². The van der Waals surface area contributed by atoms with Crippen LogP contribution in [0.15, 0.2) is 24.5 Å². The average Bonchev–Trinajstić information content (AvgIpc) is 2.06. The lowest BCUT2D eigenvalue weighted by atomic mass is 10.0. The quantitative estimate of drug-likeness (QED) is 0.729. The van der Waals surface area contributed by atoms with E-state index < -0.39 is 0 Å². The van der Waals surface area contributed by atoms with E-state index in [0.29, 0.717) is 5.92 Å². The lowest BCUT2D eigenvalue weighted by Gasteiger charge is -2.09. The molecule has 1 rings (SSSR count).